The van der Waals surface area contributed by atoms with Crippen molar-refractivity contribution in [2.24, 2.45) is 5.41 Å². The van der Waals surface area contributed by atoms with Gasteiger partial charge in [0.1, 0.15) is 5.82 Å². The second-order valence-electron chi connectivity index (χ2n) is 8.74. The van der Waals surface area contributed by atoms with Gasteiger partial charge in [0.2, 0.25) is 0 Å². The number of aromatic hydroxyl groups is 1. The number of carbonyl (C=O) groups excluding carboxylic acids is 1. The lowest BCUT2D eigenvalue weighted by atomic mass is 9.80. The average Bonchev–Trinajstić information content (AvgIpc) is 2.92. The lowest BCUT2D eigenvalue weighted by Gasteiger charge is -2.24. The van der Waals surface area contributed by atoms with Crippen molar-refractivity contribution >= 4 is 34.4 Å². The van der Waals surface area contributed by atoms with Gasteiger partial charge in [0.25, 0.3) is 5.91 Å². The Kier molecular flexibility index (Phi) is 5.84. The first kappa shape index (κ1) is 22.7. The number of nitrogens with zero attached hydrogens (tertiary/aromatic N) is 1. The lowest BCUT2D eigenvalue weighted by molar-refractivity contribution is -0.139. The van der Waals surface area contributed by atoms with Gasteiger partial charge in [-0.15, -0.1) is 0 Å². The number of carboxylic acid groups (broad SMARTS) is 1. The quantitative estimate of drug-likeness (QED) is 0.521. The van der Waals surface area contributed by atoms with Crippen LogP contribution >= 0.6 is 11.6 Å². The molecule has 0 spiro atoms. The molecule has 2 aromatic carbocycles. The summed E-state index contributed by atoms with van der Waals surface area (Å²) in [4.78, 5) is 25.4. The summed E-state index contributed by atoms with van der Waals surface area (Å²) in [7, 11) is 0. The standard InChI is InChI=1S/C23H22ClF2NO4/c1-11-20(14(22(30)31)10-23(2,3)4)13-8-19(28)17(26)9-18(13)27(11)21(29)12-5-6-15(24)16(25)7-12/h5-9,14,28H,10H2,1-4H3,(H,30,31)/t14-/m0/s1. The summed E-state index contributed by atoms with van der Waals surface area (Å²) in [6, 6.07) is 5.63. The number of aromatic nitrogens is 1. The summed E-state index contributed by atoms with van der Waals surface area (Å²) >= 11 is 5.70. The highest BCUT2D eigenvalue weighted by Gasteiger charge is 2.33. The third kappa shape index (κ3) is 4.28. The van der Waals surface area contributed by atoms with Crippen molar-refractivity contribution in [2.75, 3.05) is 0 Å². The number of carboxylic acids is 1. The monoisotopic (exact) mass is 449 g/mol. The van der Waals surface area contributed by atoms with E-state index in [0.29, 0.717) is 5.56 Å². The van der Waals surface area contributed by atoms with Crippen molar-refractivity contribution in [3.05, 3.63) is 63.8 Å². The predicted octanol–water partition coefficient (Wildman–Crippen LogP) is 5.88. The van der Waals surface area contributed by atoms with Gasteiger partial charge in [-0.05, 0) is 48.6 Å². The van der Waals surface area contributed by atoms with Gasteiger partial charge in [-0.25, -0.2) is 8.78 Å². The van der Waals surface area contributed by atoms with Gasteiger partial charge in [0.05, 0.1) is 16.5 Å². The molecule has 0 saturated carbocycles. The number of benzene rings is 2. The van der Waals surface area contributed by atoms with E-state index in [4.69, 9.17) is 11.6 Å². The van der Waals surface area contributed by atoms with Crippen molar-refractivity contribution in [1.29, 1.82) is 0 Å². The number of hydrogen-bond acceptors (Lipinski definition) is 3. The minimum Gasteiger partial charge on any atom is -0.505 e. The van der Waals surface area contributed by atoms with Crippen molar-refractivity contribution in [3.63, 3.8) is 0 Å². The van der Waals surface area contributed by atoms with Crippen LogP contribution in [0.25, 0.3) is 10.9 Å². The van der Waals surface area contributed by atoms with E-state index >= 15 is 0 Å². The second kappa shape index (κ2) is 7.96. The number of aliphatic carboxylic acids is 1. The van der Waals surface area contributed by atoms with E-state index in [1.165, 1.54) is 12.1 Å². The molecule has 0 aliphatic heterocycles. The molecule has 0 unspecified atom stereocenters. The number of hydrogen-bond donors (Lipinski definition) is 2. The SMILES string of the molecule is Cc1c([C@H](CC(C)(C)C)C(=O)O)c2cc(O)c(F)cc2n1C(=O)c1ccc(Cl)c(F)c1. The normalized spacial score (nSPS) is 12.9. The van der Waals surface area contributed by atoms with Gasteiger partial charge in [-0.2, -0.15) is 0 Å². The number of fused-ring (bicyclic) bond motifs is 1. The topological polar surface area (TPSA) is 79.5 Å². The van der Waals surface area contributed by atoms with Gasteiger partial charge in [0.15, 0.2) is 11.6 Å². The Morgan fingerprint density at radius 3 is 2.32 bits per heavy atom. The fourth-order valence-electron chi connectivity index (χ4n) is 3.83. The van der Waals surface area contributed by atoms with Crippen LogP contribution in [0, 0.1) is 24.0 Å². The molecule has 8 heteroatoms. The van der Waals surface area contributed by atoms with Gasteiger partial charge < -0.3 is 10.2 Å². The third-order valence-electron chi connectivity index (χ3n) is 5.15. The largest absolute Gasteiger partial charge is 0.505 e. The van der Waals surface area contributed by atoms with Crippen LogP contribution in [-0.2, 0) is 4.79 Å². The summed E-state index contributed by atoms with van der Waals surface area (Å²) in [5, 5.41) is 20.0. The van der Waals surface area contributed by atoms with Gasteiger partial charge in [-0.3, -0.25) is 14.2 Å². The molecule has 31 heavy (non-hydrogen) atoms. The van der Waals surface area contributed by atoms with Crippen LogP contribution in [-0.4, -0.2) is 26.7 Å². The van der Waals surface area contributed by atoms with E-state index in [-0.39, 0.29) is 39.0 Å². The Morgan fingerprint density at radius 1 is 1.13 bits per heavy atom. The Bertz CT molecular complexity index is 1210. The molecule has 2 N–H and O–H groups in total. The van der Waals surface area contributed by atoms with Crippen LogP contribution in [0.5, 0.6) is 5.75 Å². The minimum atomic E-state index is -1.11. The van der Waals surface area contributed by atoms with Crippen molar-refractivity contribution in [1.82, 2.24) is 4.57 Å². The molecule has 0 saturated heterocycles. The molecule has 0 amide bonds. The van der Waals surface area contributed by atoms with Gasteiger partial charge in [-0.1, -0.05) is 32.4 Å². The molecular formula is C23H22ClF2NO4. The van der Waals surface area contributed by atoms with Crippen molar-refractivity contribution < 1.29 is 28.6 Å². The highest BCUT2D eigenvalue weighted by atomic mass is 35.5. The molecule has 0 aliphatic rings. The Morgan fingerprint density at radius 2 is 1.77 bits per heavy atom. The summed E-state index contributed by atoms with van der Waals surface area (Å²) in [6.45, 7) is 7.20. The van der Waals surface area contributed by atoms with Crippen molar-refractivity contribution in [2.45, 2.75) is 40.0 Å². The third-order valence-corrected chi connectivity index (χ3v) is 5.46. The molecule has 0 bridgehead atoms. The number of halogens is 3. The lowest BCUT2D eigenvalue weighted by Crippen LogP contribution is -2.21. The van der Waals surface area contributed by atoms with Gasteiger partial charge >= 0.3 is 5.97 Å². The molecular weight excluding hydrogens is 428 g/mol. The first-order valence-corrected chi connectivity index (χ1v) is 9.95. The van der Waals surface area contributed by atoms with Crippen LogP contribution in [0.3, 0.4) is 0 Å². The summed E-state index contributed by atoms with van der Waals surface area (Å²) < 4.78 is 29.3. The van der Waals surface area contributed by atoms with Crippen LogP contribution < -0.4 is 0 Å². The van der Waals surface area contributed by atoms with E-state index in [9.17, 15) is 28.6 Å². The summed E-state index contributed by atoms with van der Waals surface area (Å²) in [6.07, 6.45) is 0.240. The number of phenolic OH excluding ortho intramolecular Hbond substituents is 1. The fraction of sp³-hybridized carbons (Fsp3) is 0.304. The van der Waals surface area contributed by atoms with Crippen LogP contribution in [0.1, 0.15) is 54.7 Å². The molecule has 164 valence electrons. The molecule has 0 fully saturated rings. The average molecular weight is 450 g/mol. The van der Waals surface area contributed by atoms with Gasteiger partial charge in [0, 0.05) is 22.7 Å². The smallest absolute Gasteiger partial charge is 0.311 e. The Labute approximate surface area is 182 Å². The summed E-state index contributed by atoms with van der Waals surface area (Å²) in [5.41, 5.74) is 0.260. The van der Waals surface area contributed by atoms with Crippen molar-refractivity contribution in [3.8, 4) is 5.75 Å². The molecule has 3 aromatic rings. The van der Waals surface area contributed by atoms with Crippen LogP contribution in [0.2, 0.25) is 5.02 Å². The minimum absolute atomic E-state index is 0.0374. The van der Waals surface area contributed by atoms with E-state index < -0.39 is 35.2 Å². The van der Waals surface area contributed by atoms with E-state index in [1.807, 2.05) is 20.8 Å². The predicted molar refractivity (Wildman–Crippen MR) is 114 cm³/mol. The maximum Gasteiger partial charge on any atom is 0.311 e. The number of carbonyl (C=O) groups is 2. The van der Waals surface area contributed by atoms with E-state index in [2.05, 4.69) is 0 Å². The molecule has 1 heterocycles. The van der Waals surface area contributed by atoms with E-state index in [0.717, 1.165) is 22.8 Å². The first-order chi connectivity index (χ1) is 14.3. The maximum atomic E-state index is 14.2. The first-order valence-electron chi connectivity index (χ1n) is 9.58. The number of rotatable bonds is 4. The molecule has 0 aliphatic carbocycles. The zero-order valence-electron chi connectivity index (χ0n) is 17.5. The highest BCUT2D eigenvalue weighted by Crippen LogP contribution is 2.40. The zero-order valence-corrected chi connectivity index (χ0v) is 18.2. The Hall–Kier alpha value is -2.93. The molecule has 1 atom stereocenters. The molecule has 0 radical (unpaired) electrons. The number of phenols is 1. The molecule has 3 rings (SSSR count). The maximum absolute atomic E-state index is 14.2. The molecule has 1 aromatic heterocycles. The summed E-state index contributed by atoms with van der Waals surface area (Å²) in [5.74, 6) is -5.20. The highest BCUT2D eigenvalue weighted by molar-refractivity contribution is 6.30. The second-order valence-corrected chi connectivity index (χ2v) is 9.15. The van der Waals surface area contributed by atoms with Crippen LogP contribution in [0.4, 0.5) is 8.78 Å². The fourth-order valence-corrected chi connectivity index (χ4v) is 3.95. The molecule has 5 nitrogen and oxygen atoms in total. The van der Waals surface area contributed by atoms with Crippen LogP contribution in [0.15, 0.2) is 30.3 Å². The zero-order chi connectivity index (χ0) is 23.2. The van der Waals surface area contributed by atoms with E-state index in [1.54, 1.807) is 6.92 Å². The Balaban J connectivity index is 2.33.